The SMILES string of the molecule is CCOC(=O)c1c(-c2ccc(Cl)cc2)csc1NC(=O)C1(F)C(F)(F)C(F)(F)C(F)(F)C(F)(F)C1(F)F. The summed E-state index contributed by atoms with van der Waals surface area (Å²) in [6, 6.07) is 5.15. The van der Waals surface area contributed by atoms with Crippen molar-refractivity contribution in [2.75, 3.05) is 11.9 Å². The van der Waals surface area contributed by atoms with E-state index in [0.717, 1.165) is 10.7 Å². The second-order valence-corrected chi connectivity index (χ2v) is 8.88. The monoisotopic (exact) mass is 589 g/mol. The van der Waals surface area contributed by atoms with E-state index < -0.39 is 57.7 Å². The summed E-state index contributed by atoms with van der Waals surface area (Å²) < 4.78 is 159. The van der Waals surface area contributed by atoms with E-state index >= 15 is 4.39 Å². The van der Waals surface area contributed by atoms with Gasteiger partial charge in [-0.2, -0.15) is 43.9 Å². The molecule has 1 aliphatic rings. The van der Waals surface area contributed by atoms with Gasteiger partial charge in [-0.25, -0.2) is 9.18 Å². The highest BCUT2D eigenvalue weighted by Crippen LogP contribution is 2.69. The van der Waals surface area contributed by atoms with Crippen LogP contribution in [0.5, 0.6) is 0 Å². The summed E-state index contributed by atoms with van der Waals surface area (Å²) in [4.78, 5) is 24.8. The molecule has 17 heteroatoms. The number of nitrogens with one attached hydrogen (secondary N) is 1. The Bertz CT molecular complexity index is 1200. The summed E-state index contributed by atoms with van der Waals surface area (Å²) in [5.41, 5.74) is -7.78. The molecule has 4 nitrogen and oxygen atoms in total. The van der Waals surface area contributed by atoms with Gasteiger partial charge >= 0.3 is 41.3 Å². The molecule has 0 atom stereocenters. The molecule has 0 radical (unpaired) electrons. The molecule has 37 heavy (non-hydrogen) atoms. The summed E-state index contributed by atoms with van der Waals surface area (Å²) >= 11 is 5.92. The molecule has 204 valence electrons. The lowest BCUT2D eigenvalue weighted by Crippen LogP contribution is -2.86. The Balaban J connectivity index is 2.18. The number of halogens is 12. The molecule has 1 amide bonds. The van der Waals surface area contributed by atoms with Gasteiger partial charge in [-0.1, -0.05) is 23.7 Å². The Morgan fingerprint density at radius 2 is 1.30 bits per heavy atom. The molecule has 1 heterocycles. The third-order valence-electron chi connectivity index (χ3n) is 5.41. The van der Waals surface area contributed by atoms with Crippen LogP contribution in [-0.4, -0.2) is 53.8 Å². The fraction of sp³-hybridized carbons (Fsp3) is 0.400. The molecule has 1 saturated carbocycles. The first-order chi connectivity index (χ1) is 16.7. The van der Waals surface area contributed by atoms with E-state index in [-0.39, 0.29) is 34.1 Å². The zero-order valence-electron chi connectivity index (χ0n) is 17.8. The fourth-order valence-corrected chi connectivity index (χ4v) is 4.47. The van der Waals surface area contributed by atoms with Gasteiger partial charge in [-0.05, 0) is 24.6 Å². The Morgan fingerprint density at radius 3 is 1.76 bits per heavy atom. The van der Waals surface area contributed by atoms with Crippen LogP contribution in [0.2, 0.25) is 5.02 Å². The first-order valence-electron chi connectivity index (χ1n) is 9.68. The Kier molecular flexibility index (Phi) is 6.82. The van der Waals surface area contributed by atoms with E-state index in [1.165, 1.54) is 31.2 Å². The van der Waals surface area contributed by atoms with E-state index in [1.54, 1.807) is 0 Å². The van der Waals surface area contributed by atoms with Crippen LogP contribution in [0.15, 0.2) is 29.6 Å². The van der Waals surface area contributed by atoms with Gasteiger partial charge in [-0.3, -0.25) is 4.79 Å². The van der Waals surface area contributed by atoms with Gasteiger partial charge in [0.1, 0.15) is 10.6 Å². The van der Waals surface area contributed by atoms with Crippen molar-refractivity contribution < 1.29 is 62.6 Å². The largest absolute Gasteiger partial charge is 0.462 e. The second-order valence-electron chi connectivity index (χ2n) is 7.57. The third-order valence-corrected chi connectivity index (χ3v) is 6.56. The Hall–Kier alpha value is -2.62. The van der Waals surface area contributed by atoms with Crippen LogP contribution in [-0.2, 0) is 9.53 Å². The molecule has 0 aliphatic heterocycles. The quantitative estimate of drug-likeness (QED) is 0.300. The zero-order chi connectivity index (χ0) is 28.4. The summed E-state index contributed by atoms with van der Waals surface area (Å²) in [5, 5.41) is 1.10. The van der Waals surface area contributed by atoms with Gasteiger partial charge in [0, 0.05) is 16.0 Å². The number of carbonyl (C=O) groups excluding carboxylic acids is 2. The topological polar surface area (TPSA) is 55.4 Å². The van der Waals surface area contributed by atoms with Gasteiger partial charge in [-0.15, -0.1) is 11.3 Å². The summed E-state index contributed by atoms with van der Waals surface area (Å²) in [6.07, 6.45) is 0. The first-order valence-corrected chi connectivity index (χ1v) is 10.9. The van der Waals surface area contributed by atoms with Crippen molar-refractivity contribution in [3.8, 4) is 11.1 Å². The summed E-state index contributed by atoms with van der Waals surface area (Å²) in [7, 11) is 0. The summed E-state index contributed by atoms with van der Waals surface area (Å²) in [5.74, 6) is -42.0. The number of amides is 1. The molecule has 3 rings (SSSR count). The average Bonchev–Trinajstić information content (AvgIpc) is 3.21. The number of ether oxygens (including phenoxy) is 1. The van der Waals surface area contributed by atoms with Crippen molar-refractivity contribution in [1.82, 2.24) is 0 Å². The molecular weight excluding hydrogens is 579 g/mol. The van der Waals surface area contributed by atoms with E-state index in [9.17, 15) is 53.5 Å². The van der Waals surface area contributed by atoms with Gasteiger partial charge in [0.15, 0.2) is 0 Å². The molecule has 1 aliphatic carbocycles. The van der Waals surface area contributed by atoms with Crippen LogP contribution >= 0.6 is 22.9 Å². The van der Waals surface area contributed by atoms with Crippen molar-refractivity contribution in [2.45, 2.75) is 42.2 Å². The number of hydrogen-bond acceptors (Lipinski definition) is 4. The van der Waals surface area contributed by atoms with Crippen molar-refractivity contribution in [1.29, 1.82) is 0 Å². The highest BCUT2D eigenvalue weighted by molar-refractivity contribution is 7.15. The second kappa shape index (κ2) is 8.71. The minimum atomic E-state index is -7.47. The minimum Gasteiger partial charge on any atom is -0.462 e. The molecule has 0 saturated heterocycles. The Morgan fingerprint density at radius 1 is 0.838 bits per heavy atom. The van der Waals surface area contributed by atoms with Crippen molar-refractivity contribution >= 4 is 39.8 Å². The molecule has 0 bridgehead atoms. The number of anilines is 1. The van der Waals surface area contributed by atoms with Crippen molar-refractivity contribution in [2.24, 2.45) is 0 Å². The van der Waals surface area contributed by atoms with Crippen LogP contribution in [0.3, 0.4) is 0 Å². The number of thiophene rings is 1. The van der Waals surface area contributed by atoms with E-state index in [1.807, 2.05) is 0 Å². The molecule has 0 unspecified atom stereocenters. The average molecular weight is 590 g/mol. The smallest absolute Gasteiger partial charge is 0.384 e. The first kappa shape index (κ1) is 28.9. The number of alkyl halides is 11. The van der Waals surface area contributed by atoms with E-state index in [0.29, 0.717) is 0 Å². The Labute approximate surface area is 208 Å². The number of hydrogen-bond donors (Lipinski definition) is 1. The highest BCUT2D eigenvalue weighted by Gasteiger charge is 3.02. The lowest BCUT2D eigenvalue weighted by Gasteiger charge is -2.51. The standard InChI is InChI=1S/C20H11ClF11NO3S/c1-2-36-13(34)11-10(8-3-5-9(21)6-4-8)7-37-12(11)33-14(35)15(22)16(23,24)18(27,28)20(31,32)19(29,30)17(15,25)26/h3-7H,2H2,1H3,(H,33,35). The molecule has 1 aromatic heterocycles. The number of esters is 1. The normalized spacial score (nSPS) is 22.2. The fourth-order valence-electron chi connectivity index (χ4n) is 3.39. The summed E-state index contributed by atoms with van der Waals surface area (Å²) in [6.45, 7) is 0.938. The van der Waals surface area contributed by atoms with Crippen LogP contribution in [0.1, 0.15) is 17.3 Å². The molecule has 1 aromatic carbocycles. The number of rotatable bonds is 5. The van der Waals surface area contributed by atoms with Gasteiger partial charge in [0.05, 0.1) is 6.61 Å². The molecule has 1 fully saturated rings. The van der Waals surface area contributed by atoms with E-state index in [2.05, 4.69) is 0 Å². The zero-order valence-corrected chi connectivity index (χ0v) is 19.3. The van der Waals surface area contributed by atoms with Crippen molar-refractivity contribution in [3.63, 3.8) is 0 Å². The molecular formula is C20H11ClF11NO3S. The molecule has 2 aromatic rings. The van der Waals surface area contributed by atoms with Crippen LogP contribution in [0, 0.1) is 0 Å². The molecule has 0 spiro atoms. The maximum Gasteiger partial charge on any atom is 0.384 e. The number of benzene rings is 1. The van der Waals surface area contributed by atoms with Crippen LogP contribution in [0.25, 0.3) is 11.1 Å². The van der Waals surface area contributed by atoms with Crippen LogP contribution < -0.4 is 5.32 Å². The lowest BCUT2D eigenvalue weighted by molar-refractivity contribution is -0.475. The number of carbonyl (C=O) groups is 2. The predicted molar refractivity (Wildman–Crippen MR) is 108 cm³/mol. The maximum atomic E-state index is 15.1. The molecule has 1 N–H and O–H groups in total. The van der Waals surface area contributed by atoms with Crippen molar-refractivity contribution in [3.05, 3.63) is 40.2 Å². The van der Waals surface area contributed by atoms with E-state index in [4.69, 9.17) is 16.3 Å². The van der Waals surface area contributed by atoms with Gasteiger partial charge < -0.3 is 10.1 Å². The lowest BCUT2D eigenvalue weighted by atomic mass is 9.71. The van der Waals surface area contributed by atoms with Gasteiger partial charge in [0.25, 0.3) is 5.91 Å². The highest BCUT2D eigenvalue weighted by atomic mass is 35.5. The van der Waals surface area contributed by atoms with Crippen LogP contribution in [0.4, 0.5) is 53.3 Å². The maximum absolute atomic E-state index is 15.1. The van der Waals surface area contributed by atoms with Gasteiger partial charge in [0.2, 0.25) is 0 Å². The predicted octanol–water partition coefficient (Wildman–Crippen LogP) is 7.08. The minimum absolute atomic E-state index is 0.116. The third kappa shape index (κ3) is 3.61.